The van der Waals surface area contributed by atoms with Crippen molar-refractivity contribution in [3.05, 3.63) is 46.7 Å². The van der Waals surface area contributed by atoms with Crippen molar-refractivity contribution < 1.29 is 27.5 Å². The molecule has 0 unspecified atom stereocenters. The zero-order valence-corrected chi connectivity index (χ0v) is 10.4. The molecule has 2 rings (SSSR count). The Balaban J connectivity index is 2.23. The highest BCUT2D eigenvalue weighted by atomic mass is 35.5. The van der Waals surface area contributed by atoms with Crippen molar-refractivity contribution in [1.29, 1.82) is 0 Å². The van der Waals surface area contributed by atoms with E-state index >= 15 is 0 Å². The number of alkyl halides is 3. The molecule has 106 valence electrons. The summed E-state index contributed by atoms with van der Waals surface area (Å²) in [5.74, 6) is -1.49. The Labute approximate surface area is 115 Å². The highest BCUT2D eigenvalue weighted by molar-refractivity contribution is 6.33. The van der Waals surface area contributed by atoms with Crippen LogP contribution in [-0.4, -0.2) is 11.1 Å². The largest absolute Gasteiger partial charge is 0.475 e. The smallest absolute Gasteiger partial charge is 0.416 e. The molecule has 0 atom stereocenters. The number of carbonyl (C=O) groups is 1. The van der Waals surface area contributed by atoms with Gasteiger partial charge in [-0.15, -0.1) is 0 Å². The maximum Gasteiger partial charge on any atom is 0.416 e. The minimum Gasteiger partial charge on any atom is -0.475 e. The van der Waals surface area contributed by atoms with Crippen LogP contribution in [-0.2, 0) is 6.18 Å². The van der Waals surface area contributed by atoms with E-state index in [1.165, 1.54) is 12.1 Å². The molecule has 1 aromatic carbocycles. The van der Waals surface area contributed by atoms with Crippen molar-refractivity contribution in [3.8, 4) is 0 Å². The molecule has 2 N–H and O–H groups in total. The maximum absolute atomic E-state index is 12.5. The fourth-order valence-electron chi connectivity index (χ4n) is 1.45. The van der Waals surface area contributed by atoms with E-state index in [2.05, 4.69) is 5.32 Å². The van der Waals surface area contributed by atoms with E-state index in [0.29, 0.717) is 0 Å². The third-order valence-electron chi connectivity index (χ3n) is 2.37. The van der Waals surface area contributed by atoms with Crippen LogP contribution in [0.3, 0.4) is 0 Å². The number of benzene rings is 1. The molecule has 4 nitrogen and oxygen atoms in total. The minimum atomic E-state index is -4.48. The molecule has 0 fully saturated rings. The van der Waals surface area contributed by atoms with Gasteiger partial charge in [-0.1, -0.05) is 11.6 Å². The normalized spacial score (nSPS) is 11.4. The standard InChI is InChI=1S/C12H7ClF3NO3/c13-7-5-6(12(14,15)16)1-2-8(7)17-10-4-3-9(20-10)11(18)19/h1-5,17H,(H,18,19). The number of furan rings is 1. The van der Waals surface area contributed by atoms with Gasteiger partial charge in [0.15, 0.2) is 5.88 Å². The Bertz CT molecular complexity index is 652. The summed E-state index contributed by atoms with van der Waals surface area (Å²) in [6, 6.07) is 5.30. The molecule has 0 bridgehead atoms. The minimum absolute atomic E-state index is 0.0593. The SMILES string of the molecule is O=C(O)c1ccc(Nc2ccc(C(F)(F)F)cc2Cl)o1. The first-order chi connectivity index (χ1) is 9.27. The highest BCUT2D eigenvalue weighted by Crippen LogP contribution is 2.34. The van der Waals surface area contributed by atoms with E-state index in [0.717, 1.165) is 18.2 Å². The van der Waals surface area contributed by atoms with Crippen molar-refractivity contribution in [2.45, 2.75) is 6.18 Å². The number of carboxylic acids is 1. The Morgan fingerprint density at radius 3 is 2.45 bits per heavy atom. The summed E-state index contributed by atoms with van der Waals surface area (Å²) in [6.07, 6.45) is -4.48. The second kappa shape index (κ2) is 5.09. The summed E-state index contributed by atoms with van der Waals surface area (Å²) in [5.41, 5.74) is -0.704. The molecule has 2 aromatic rings. The average Bonchev–Trinajstić information content (AvgIpc) is 2.79. The van der Waals surface area contributed by atoms with Crippen LogP contribution >= 0.6 is 11.6 Å². The van der Waals surface area contributed by atoms with E-state index in [4.69, 9.17) is 21.1 Å². The third kappa shape index (κ3) is 3.05. The molecule has 8 heteroatoms. The maximum atomic E-state index is 12.5. The number of rotatable bonds is 3. The lowest BCUT2D eigenvalue weighted by Crippen LogP contribution is -2.05. The van der Waals surface area contributed by atoms with Gasteiger partial charge >= 0.3 is 12.1 Å². The summed E-state index contributed by atoms with van der Waals surface area (Å²) in [5, 5.41) is 11.1. The van der Waals surface area contributed by atoms with E-state index < -0.39 is 17.7 Å². The van der Waals surface area contributed by atoms with Crippen LogP contribution < -0.4 is 5.32 Å². The fraction of sp³-hybridized carbons (Fsp3) is 0.0833. The van der Waals surface area contributed by atoms with E-state index in [9.17, 15) is 18.0 Å². The average molecular weight is 306 g/mol. The van der Waals surface area contributed by atoms with Gasteiger partial charge in [0, 0.05) is 6.07 Å². The molecule has 0 aliphatic carbocycles. The zero-order valence-electron chi connectivity index (χ0n) is 9.66. The molecule has 0 saturated heterocycles. The van der Waals surface area contributed by atoms with Crippen LogP contribution in [0, 0.1) is 0 Å². The van der Waals surface area contributed by atoms with Crippen molar-refractivity contribution in [3.63, 3.8) is 0 Å². The molecule has 1 aromatic heterocycles. The summed E-state index contributed by atoms with van der Waals surface area (Å²) in [6.45, 7) is 0. The Kier molecular flexibility index (Phi) is 3.63. The predicted molar refractivity (Wildman–Crippen MR) is 65.4 cm³/mol. The van der Waals surface area contributed by atoms with Gasteiger partial charge in [0.05, 0.1) is 16.3 Å². The van der Waals surface area contributed by atoms with Gasteiger partial charge in [-0.2, -0.15) is 13.2 Å². The van der Waals surface area contributed by atoms with Gasteiger partial charge in [0.2, 0.25) is 5.76 Å². The second-order valence-corrected chi connectivity index (χ2v) is 4.19. The highest BCUT2D eigenvalue weighted by Gasteiger charge is 2.30. The Morgan fingerprint density at radius 2 is 1.95 bits per heavy atom. The van der Waals surface area contributed by atoms with Crippen LogP contribution in [0.2, 0.25) is 5.02 Å². The van der Waals surface area contributed by atoms with Crippen molar-refractivity contribution in [1.82, 2.24) is 0 Å². The van der Waals surface area contributed by atoms with Crippen molar-refractivity contribution in [2.75, 3.05) is 5.32 Å². The Hall–Kier alpha value is -2.15. The summed E-state index contributed by atoms with van der Waals surface area (Å²) < 4.78 is 42.3. The number of halogens is 4. The van der Waals surface area contributed by atoms with E-state index in [1.807, 2.05) is 0 Å². The molecular weight excluding hydrogens is 299 g/mol. The van der Waals surface area contributed by atoms with Crippen LogP contribution in [0.1, 0.15) is 16.1 Å². The number of anilines is 2. The zero-order chi connectivity index (χ0) is 14.9. The molecule has 0 radical (unpaired) electrons. The molecule has 0 amide bonds. The first-order valence-electron chi connectivity index (χ1n) is 5.24. The molecule has 0 saturated carbocycles. The van der Waals surface area contributed by atoms with Crippen molar-refractivity contribution in [2.24, 2.45) is 0 Å². The first-order valence-corrected chi connectivity index (χ1v) is 5.62. The van der Waals surface area contributed by atoms with Crippen molar-refractivity contribution >= 4 is 29.1 Å². The summed E-state index contributed by atoms with van der Waals surface area (Å²) in [7, 11) is 0. The van der Waals surface area contributed by atoms with Gasteiger partial charge in [0.1, 0.15) is 0 Å². The van der Waals surface area contributed by atoms with Gasteiger partial charge in [-0.25, -0.2) is 4.79 Å². The van der Waals surface area contributed by atoms with Crippen LogP contribution in [0.4, 0.5) is 24.7 Å². The van der Waals surface area contributed by atoms with Crippen LogP contribution in [0.15, 0.2) is 34.7 Å². The lowest BCUT2D eigenvalue weighted by atomic mass is 10.2. The van der Waals surface area contributed by atoms with E-state index in [-0.39, 0.29) is 22.4 Å². The van der Waals surface area contributed by atoms with E-state index in [1.54, 1.807) is 0 Å². The molecule has 0 spiro atoms. The quantitative estimate of drug-likeness (QED) is 0.882. The van der Waals surface area contributed by atoms with Gasteiger partial charge in [0.25, 0.3) is 0 Å². The number of nitrogens with one attached hydrogen (secondary N) is 1. The number of carboxylic acid groups (broad SMARTS) is 1. The Morgan fingerprint density at radius 1 is 1.25 bits per heavy atom. The van der Waals surface area contributed by atoms with Gasteiger partial charge in [-0.05, 0) is 24.3 Å². The predicted octanol–water partition coefficient (Wildman–Crippen LogP) is 4.39. The number of hydrogen-bond acceptors (Lipinski definition) is 3. The molecule has 0 aliphatic heterocycles. The summed E-state index contributed by atoms with van der Waals surface area (Å²) in [4.78, 5) is 10.6. The lowest BCUT2D eigenvalue weighted by molar-refractivity contribution is -0.137. The van der Waals surface area contributed by atoms with Crippen LogP contribution in [0.25, 0.3) is 0 Å². The van der Waals surface area contributed by atoms with Crippen LogP contribution in [0.5, 0.6) is 0 Å². The topological polar surface area (TPSA) is 62.5 Å². The number of aromatic carboxylic acids is 1. The molecular formula is C12H7ClF3NO3. The van der Waals surface area contributed by atoms with Gasteiger partial charge in [-0.3, -0.25) is 0 Å². The second-order valence-electron chi connectivity index (χ2n) is 3.79. The molecule has 20 heavy (non-hydrogen) atoms. The molecule has 0 aliphatic rings. The number of hydrogen-bond donors (Lipinski definition) is 2. The first kappa shape index (κ1) is 14.3. The molecule has 1 heterocycles. The van der Waals surface area contributed by atoms with Gasteiger partial charge < -0.3 is 14.8 Å². The summed E-state index contributed by atoms with van der Waals surface area (Å²) >= 11 is 5.73. The monoisotopic (exact) mass is 305 g/mol. The third-order valence-corrected chi connectivity index (χ3v) is 2.68. The lowest BCUT2D eigenvalue weighted by Gasteiger charge is -2.10. The fourth-order valence-corrected chi connectivity index (χ4v) is 1.67.